The van der Waals surface area contributed by atoms with E-state index in [0.29, 0.717) is 11.3 Å². The molecule has 0 aliphatic rings. The van der Waals surface area contributed by atoms with E-state index in [0.717, 1.165) is 24.3 Å². The number of rotatable bonds is 3. The van der Waals surface area contributed by atoms with E-state index in [1.54, 1.807) is 6.07 Å². The molecule has 0 saturated heterocycles. The van der Waals surface area contributed by atoms with Gasteiger partial charge in [0.1, 0.15) is 11.5 Å². The fourth-order valence-electron chi connectivity index (χ4n) is 1.61. The van der Waals surface area contributed by atoms with Gasteiger partial charge in [0, 0.05) is 11.4 Å². The number of hydrogen-bond acceptors (Lipinski definition) is 1. The SMILES string of the molecule is CCc1ccc(C(Br)c2cc(F)c(F)cc2Cl)o1. The summed E-state index contributed by atoms with van der Waals surface area (Å²) in [6.07, 6.45) is 0.769. The van der Waals surface area contributed by atoms with E-state index < -0.39 is 16.5 Å². The molecule has 2 rings (SSSR count). The summed E-state index contributed by atoms with van der Waals surface area (Å²) in [6.45, 7) is 1.97. The average Bonchev–Trinajstić information content (AvgIpc) is 2.81. The highest BCUT2D eigenvalue weighted by Crippen LogP contribution is 2.37. The van der Waals surface area contributed by atoms with Crippen LogP contribution in [0.3, 0.4) is 0 Å². The van der Waals surface area contributed by atoms with Crippen LogP contribution in [-0.2, 0) is 6.42 Å². The first-order chi connectivity index (χ1) is 8.52. The van der Waals surface area contributed by atoms with Gasteiger partial charge in [-0.05, 0) is 29.8 Å². The van der Waals surface area contributed by atoms with Gasteiger partial charge in [-0.1, -0.05) is 34.5 Å². The Morgan fingerprint density at radius 1 is 1.28 bits per heavy atom. The van der Waals surface area contributed by atoms with Crippen molar-refractivity contribution in [2.24, 2.45) is 0 Å². The Hall–Kier alpha value is -0.870. The molecule has 1 atom stereocenters. The van der Waals surface area contributed by atoms with E-state index in [2.05, 4.69) is 15.9 Å². The van der Waals surface area contributed by atoms with E-state index >= 15 is 0 Å². The molecule has 1 unspecified atom stereocenters. The molecular formula is C13H10BrClF2O. The third-order valence-corrected chi connectivity index (χ3v) is 3.87. The zero-order chi connectivity index (χ0) is 13.3. The lowest BCUT2D eigenvalue weighted by Gasteiger charge is -2.10. The zero-order valence-corrected chi connectivity index (χ0v) is 11.9. The molecule has 18 heavy (non-hydrogen) atoms. The number of hydrogen-bond donors (Lipinski definition) is 0. The molecule has 2 aromatic rings. The van der Waals surface area contributed by atoms with Gasteiger partial charge in [0.15, 0.2) is 11.6 Å². The van der Waals surface area contributed by atoms with Crippen LogP contribution in [0.5, 0.6) is 0 Å². The Morgan fingerprint density at radius 2 is 1.94 bits per heavy atom. The number of halogens is 4. The summed E-state index contributed by atoms with van der Waals surface area (Å²) < 4.78 is 31.8. The van der Waals surface area contributed by atoms with Gasteiger partial charge in [-0.3, -0.25) is 0 Å². The fraction of sp³-hybridized carbons (Fsp3) is 0.231. The van der Waals surface area contributed by atoms with E-state index in [9.17, 15) is 8.78 Å². The van der Waals surface area contributed by atoms with Gasteiger partial charge in [0.05, 0.1) is 4.83 Å². The Labute approximate surface area is 117 Å². The van der Waals surface area contributed by atoms with E-state index in [1.807, 2.05) is 13.0 Å². The van der Waals surface area contributed by atoms with Crippen LogP contribution in [0.2, 0.25) is 5.02 Å². The van der Waals surface area contributed by atoms with Crippen molar-refractivity contribution in [2.45, 2.75) is 18.2 Å². The normalized spacial score (nSPS) is 12.7. The maximum Gasteiger partial charge on any atom is 0.160 e. The quantitative estimate of drug-likeness (QED) is 0.551. The smallest absolute Gasteiger partial charge is 0.160 e. The molecule has 0 saturated carbocycles. The van der Waals surface area contributed by atoms with Gasteiger partial charge in [0.2, 0.25) is 0 Å². The van der Waals surface area contributed by atoms with Crippen molar-refractivity contribution >= 4 is 27.5 Å². The molecule has 1 heterocycles. The minimum atomic E-state index is -0.961. The van der Waals surface area contributed by atoms with E-state index in [1.165, 1.54) is 0 Å². The summed E-state index contributed by atoms with van der Waals surface area (Å²) in [5, 5.41) is 0.158. The minimum absolute atomic E-state index is 0.158. The molecule has 0 amide bonds. The third-order valence-electron chi connectivity index (χ3n) is 2.59. The molecule has 0 radical (unpaired) electrons. The average molecular weight is 336 g/mol. The van der Waals surface area contributed by atoms with Crippen LogP contribution in [0.1, 0.15) is 28.8 Å². The molecule has 0 spiro atoms. The second-order valence-corrected chi connectivity index (χ2v) is 5.13. The molecule has 1 nitrogen and oxygen atoms in total. The maximum absolute atomic E-state index is 13.2. The summed E-state index contributed by atoms with van der Waals surface area (Å²) >= 11 is 9.29. The van der Waals surface area contributed by atoms with Crippen LogP contribution < -0.4 is 0 Å². The molecule has 5 heteroatoms. The van der Waals surface area contributed by atoms with Gasteiger partial charge < -0.3 is 4.42 Å². The molecule has 1 aromatic carbocycles. The topological polar surface area (TPSA) is 13.1 Å². The lowest BCUT2D eigenvalue weighted by atomic mass is 10.1. The van der Waals surface area contributed by atoms with Gasteiger partial charge in [-0.15, -0.1) is 0 Å². The summed E-state index contributed by atoms with van der Waals surface area (Å²) in [6, 6.07) is 5.67. The van der Waals surface area contributed by atoms with Crippen molar-refractivity contribution < 1.29 is 13.2 Å². The van der Waals surface area contributed by atoms with Crippen molar-refractivity contribution in [1.29, 1.82) is 0 Å². The van der Waals surface area contributed by atoms with Crippen LogP contribution in [0.4, 0.5) is 8.78 Å². The fourth-order valence-corrected chi connectivity index (χ4v) is 2.62. The molecule has 0 fully saturated rings. The molecule has 0 aliphatic carbocycles. The Balaban J connectivity index is 2.39. The van der Waals surface area contributed by atoms with Crippen molar-refractivity contribution in [3.8, 4) is 0 Å². The van der Waals surface area contributed by atoms with Gasteiger partial charge in [-0.2, -0.15) is 0 Å². The van der Waals surface area contributed by atoms with Crippen LogP contribution in [-0.4, -0.2) is 0 Å². The zero-order valence-electron chi connectivity index (χ0n) is 9.51. The van der Waals surface area contributed by atoms with Crippen LogP contribution >= 0.6 is 27.5 Å². The highest BCUT2D eigenvalue weighted by atomic mass is 79.9. The summed E-state index contributed by atoms with van der Waals surface area (Å²) in [4.78, 5) is -0.402. The molecular weight excluding hydrogens is 325 g/mol. The second-order valence-electron chi connectivity index (χ2n) is 3.81. The van der Waals surface area contributed by atoms with Crippen LogP contribution in [0.25, 0.3) is 0 Å². The van der Waals surface area contributed by atoms with Gasteiger partial charge in [0.25, 0.3) is 0 Å². The predicted molar refractivity (Wildman–Crippen MR) is 70.2 cm³/mol. The Kier molecular flexibility index (Phi) is 4.07. The first-order valence-electron chi connectivity index (χ1n) is 5.40. The first kappa shape index (κ1) is 13.6. The standard InChI is InChI=1S/C13H10BrClF2O/c1-2-7-3-4-12(18-7)13(14)8-5-10(16)11(17)6-9(8)15/h3-6,13H,2H2,1H3. The Morgan fingerprint density at radius 3 is 2.56 bits per heavy atom. The molecule has 1 aromatic heterocycles. The van der Waals surface area contributed by atoms with Crippen molar-refractivity contribution in [3.05, 3.63) is 58.0 Å². The van der Waals surface area contributed by atoms with Crippen molar-refractivity contribution in [1.82, 2.24) is 0 Å². The molecule has 0 aliphatic heterocycles. The van der Waals surface area contributed by atoms with Gasteiger partial charge in [-0.25, -0.2) is 8.78 Å². The third kappa shape index (κ3) is 2.59. The number of furan rings is 1. The number of aryl methyl sites for hydroxylation is 1. The first-order valence-corrected chi connectivity index (χ1v) is 6.69. The number of alkyl halides is 1. The molecule has 0 bridgehead atoms. The molecule has 0 N–H and O–H groups in total. The summed E-state index contributed by atoms with van der Waals surface area (Å²) in [5.74, 6) is -0.453. The predicted octanol–water partition coefficient (Wildman–Crippen LogP) is 5.26. The highest BCUT2D eigenvalue weighted by Gasteiger charge is 2.19. The largest absolute Gasteiger partial charge is 0.465 e. The lowest BCUT2D eigenvalue weighted by molar-refractivity contribution is 0.475. The lowest BCUT2D eigenvalue weighted by Crippen LogP contribution is -1.96. The minimum Gasteiger partial charge on any atom is -0.465 e. The van der Waals surface area contributed by atoms with Crippen LogP contribution in [0, 0.1) is 11.6 Å². The molecule has 96 valence electrons. The maximum atomic E-state index is 13.2. The Bertz CT molecular complexity index is 568. The summed E-state index contributed by atoms with van der Waals surface area (Å²) in [5.41, 5.74) is 0.438. The van der Waals surface area contributed by atoms with E-state index in [4.69, 9.17) is 16.0 Å². The van der Waals surface area contributed by atoms with Crippen molar-refractivity contribution in [2.75, 3.05) is 0 Å². The van der Waals surface area contributed by atoms with Gasteiger partial charge >= 0.3 is 0 Å². The highest BCUT2D eigenvalue weighted by molar-refractivity contribution is 9.09. The number of benzene rings is 1. The second kappa shape index (κ2) is 5.41. The van der Waals surface area contributed by atoms with E-state index in [-0.39, 0.29) is 5.02 Å². The summed E-state index contributed by atoms with van der Waals surface area (Å²) in [7, 11) is 0. The monoisotopic (exact) mass is 334 g/mol. The van der Waals surface area contributed by atoms with Crippen molar-refractivity contribution in [3.63, 3.8) is 0 Å². The van der Waals surface area contributed by atoms with Crippen LogP contribution in [0.15, 0.2) is 28.7 Å².